The van der Waals surface area contributed by atoms with Crippen molar-refractivity contribution in [3.05, 3.63) is 123 Å². The standard InChI is InChI=1S/C32H26N4O9/c1-19-7-9-21(10-8-19)30(38)34-25-14-11-22(12-15-25)31(39)35-33-18-24-5-4-6-26(36(41)42)29(24)45-32(40)23-13-16-27(44-20(2)37)28(17-23)43-3/h4-18H,1-3H3,(H,34,38)(H,35,39)/b33-18+. The first-order valence-electron chi connectivity index (χ1n) is 13.2. The van der Waals surface area contributed by atoms with Gasteiger partial charge in [-0.1, -0.05) is 23.8 Å². The van der Waals surface area contributed by atoms with Gasteiger partial charge in [0.25, 0.3) is 11.8 Å². The quantitative estimate of drug-likeness (QED) is 0.0816. The second-order valence-electron chi connectivity index (χ2n) is 9.40. The number of nitrogens with zero attached hydrogens (tertiary/aromatic N) is 2. The van der Waals surface area contributed by atoms with E-state index < -0.39 is 34.2 Å². The van der Waals surface area contributed by atoms with E-state index >= 15 is 0 Å². The Bertz CT molecular complexity index is 1800. The Balaban J connectivity index is 1.46. The molecule has 13 nitrogen and oxygen atoms in total. The van der Waals surface area contributed by atoms with Gasteiger partial charge in [0.2, 0.25) is 5.75 Å². The summed E-state index contributed by atoms with van der Waals surface area (Å²) in [7, 11) is 1.31. The monoisotopic (exact) mass is 610 g/mol. The minimum Gasteiger partial charge on any atom is -0.493 e. The van der Waals surface area contributed by atoms with E-state index in [-0.39, 0.29) is 34.1 Å². The van der Waals surface area contributed by atoms with Crippen LogP contribution in [0.15, 0.2) is 90.0 Å². The SMILES string of the molecule is COc1cc(C(=O)Oc2c(/C=N/NC(=O)c3ccc(NC(=O)c4ccc(C)cc4)cc3)cccc2[N+](=O)[O-])ccc1OC(C)=O. The molecule has 0 saturated carbocycles. The predicted octanol–water partition coefficient (Wildman–Crippen LogP) is 5.07. The Hall–Kier alpha value is -6.37. The molecule has 0 saturated heterocycles. The number of anilines is 1. The molecule has 0 aromatic heterocycles. The van der Waals surface area contributed by atoms with Crippen molar-refractivity contribution in [3.63, 3.8) is 0 Å². The number of carbonyl (C=O) groups is 4. The van der Waals surface area contributed by atoms with E-state index in [1.807, 2.05) is 19.1 Å². The highest BCUT2D eigenvalue weighted by Gasteiger charge is 2.23. The summed E-state index contributed by atoms with van der Waals surface area (Å²) < 4.78 is 15.6. The Kier molecular flexibility index (Phi) is 9.96. The van der Waals surface area contributed by atoms with Crippen LogP contribution in [0, 0.1) is 17.0 Å². The third kappa shape index (κ3) is 8.14. The van der Waals surface area contributed by atoms with Crippen LogP contribution in [-0.2, 0) is 4.79 Å². The second-order valence-corrected chi connectivity index (χ2v) is 9.40. The summed E-state index contributed by atoms with van der Waals surface area (Å²) in [5.74, 6) is -2.76. The zero-order chi connectivity index (χ0) is 32.5. The third-order valence-corrected chi connectivity index (χ3v) is 6.16. The van der Waals surface area contributed by atoms with Crippen LogP contribution < -0.4 is 25.0 Å². The molecule has 4 aromatic carbocycles. The lowest BCUT2D eigenvalue weighted by Crippen LogP contribution is -2.18. The van der Waals surface area contributed by atoms with E-state index in [4.69, 9.17) is 14.2 Å². The zero-order valence-electron chi connectivity index (χ0n) is 24.2. The normalized spacial score (nSPS) is 10.6. The summed E-state index contributed by atoms with van der Waals surface area (Å²) in [6.45, 7) is 3.12. The van der Waals surface area contributed by atoms with Crippen molar-refractivity contribution in [2.45, 2.75) is 13.8 Å². The lowest BCUT2D eigenvalue weighted by molar-refractivity contribution is -0.385. The molecule has 0 aliphatic heterocycles. The molecular weight excluding hydrogens is 584 g/mol. The third-order valence-electron chi connectivity index (χ3n) is 6.16. The lowest BCUT2D eigenvalue weighted by atomic mass is 10.1. The molecule has 13 heteroatoms. The van der Waals surface area contributed by atoms with E-state index in [1.54, 1.807) is 24.3 Å². The van der Waals surface area contributed by atoms with Crippen LogP contribution in [0.4, 0.5) is 11.4 Å². The number of carbonyl (C=O) groups excluding carboxylic acids is 4. The average molecular weight is 611 g/mol. The van der Waals surface area contributed by atoms with Crippen molar-refractivity contribution in [2.75, 3.05) is 12.4 Å². The van der Waals surface area contributed by atoms with E-state index in [9.17, 15) is 29.3 Å². The Labute approximate surface area is 256 Å². The first-order valence-corrected chi connectivity index (χ1v) is 13.2. The molecule has 4 aromatic rings. The molecule has 0 aliphatic rings. The summed E-state index contributed by atoms with van der Waals surface area (Å²) in [6.07, 6.45) is 1.09. The van der Waals surface area contributed by atoms with Crippen molar-refractivity contribution >= 4 is 41.3 Å². The van der Waals surface area contributed by atoms with Gasteiger partial charge >= 0.3 is 17.6 Å². The number of rotatable bonds is 10. The molecule has 2 N–H and O–H groups in total. The predicted molar refractivity (Wildman–Crippen MR) is 163 cm³/mol. The number of nitrogens with one attached hydrogen (secondary N) is 2. The first-order chi connectivity index (χ1) is 21.5. The molecule has 0 radical (unpaired) electrons. The topological polar surface area (TPSA) is 176 Å². The van der Waals surface area contributed by atoms with Crippen LogP contribution in [0.5, 0.6) is 17.2 Å². The van der Waals surface area contributed by atoms with Gasteiger partial charge in [0.05, 0.1) is 23.8 Å². The number of nitro benzene ring substituents is 1. The van der Waals surface area contributed by atoms with Crippen LogP contribution >= 0.6 is 0 Å². The number of nitro groups is 1. The number of aryl methyl sites for hydroxylation is 1. The fourth-order valence-corrected chi connectivity index (χ4v) is 3.92. The van der Waals surface area contributed by atoms with Crippen LogP contribution in [-0.4, -0.2) is 42.0 Å². The summed E-state index contributed by atoms with van der Waals surface area (Å²) in [5, 5.41) is 18.3. The molecule has 0 unspecified atom stereocenters. The van der Waals surface area contributed by atoms with Crippen molar-refractivity contribution < 1.29 is 38.3 Å². The molecule has 0 heterocycles. The highest BCUT2D eigenvalue weighted by molar-refractivity contribution is 6.04. The summed E-state index contributed by atoms with van der Waals surface area (Å²) in [4.78, 5) is 60.3. The summed E-state index contributed by atoms with van der Waals surface area (Å²) in [6, 6.07) is 20.9. The number of hydrazone groups is 1. The fraction of sp³-hybridized carbons (Fsp3) is 0.0938. The van der Waals surface area contributed by atoms with Gasteiger partial charge in [0.1, 0.15) is 0 Å². The first kappa shape index (κ1) is 31.6. The second kappa shape index (κ2) is 14.2. The van der Waals surface area contributed by atoms with Gasteiger partial charge in [0.15, 0.2) is 11.5 Å². The molecule has 45 heavy (non-hydrogen) atoms. The van der Waals surface area contributed by atoms with Crippen LogP contribution in [0.25, 0.3) is 0 Å². The highest BCUT2D eigenvalue weighted by atomic mass is 16.6. The van der Waals surface area contributed by atoms with Crippen molar-refractivity contribution in [1.82, 2.24) is 5.43 Å². The Morgan fingerprint density at radius 3 is 2.11 bits per heavy atom. The van der Waals surface area contributed by atoms with Gasteiger partial charge in [-0.25, -0.2) is 10.2 Å². The number of esters is 2. The van der Waals surface area contributed by atoms with Crippen LogP contribution in [0.3, 0.4) is 0 Å². The van der Waals surface area contributed by atoms with Gasteiger partial charge in [-0.15, -0.1) is 0 Å². The fourth-order valence-electron chi connectivity index (χ4n) is 3.92. The molecule has 228 valence electrons. The van der Waals surface area contributed by atoms with E-state index in [0.29, 0.717) is 11.3 Å². The van der Waals surface area contributed by atoms with Gasteiger partial charge in [-0.05, 0) is 67.6 Å². The number of benzene rings is 4. The van der Waals surface area contributed by atoms with E-state index in [0.717, 1.165) is 17.8 Å². The number of ether oxygens (including phenoxy) is 3. The molecule has 0 spiro atoms. The van der Waals surface area contributed by atoms with Crippen LogP contribution in [0.2, 0.25) is 0 Å². The molecule has 0 atom stereocenters. The Morgan fingerprint density at radius 2 is 1.47 bits per heavy atom. The van der Waals surface area contributed by atoms with E-state index in [2.05, 4.69) is 15.8 Å². The van der Waals surface area contributed by atoms with Gasteiger partial charge in [0, 0.05) is 35.4 Å². The van der Waals surface area contributed by atoms with Crippen molar-refractivity contribution in [1.29, 1.82) is 0 Å². The number of methoxy groups -OCH3 is 1. The number of para-hydroxylation sites is 1. The Morgan fingerprint density at radius 1 is 0.822 bits per heavy atom. The van der Waals surface area contributed by atoms with Gasteiger partial charge in [-0.2, -0.15) is 5.10 Å². The maximum atomic E-state index is 12.9. The molecule has 0 fully saturated rings. The summed E-state index contributed by atoms with van der Waals surface area (Å²) in [5.41, 5.74) is 3.97. The number of hydrogen-bond donors (Lipinski definition) is 2. The maximum absolute atomic E-state index is 12.9. The molecular formula is C32H26N4O9. The zero-order valence-corrected chi connectivity index (χ0v) is 24.2. The van der Waals surface area contributed by atoms with Crippen molar-refractivity contribution in [2.24, 2.45) is 5.10 Å². The largest absolute Gasteiger partial charge is 0.493 e. The van der Waals surface area contributed by atoms with Gasteiger partial charge < -0.3 is 19.5 Å². The number of amides is 2. The molecule has 2 amide bonds. The lowest BCUT2D eigenvalue weighted by Gasteiger charge is -2.11. The van der Waals surface area contributed by atoms with Gasteiger partial charge in [-0.3, -0.25) is 24.5 Å². The molecule has 0 aliphatic carbocycles. The molecule has 0 bridgehead atoms. The minimum absolute atomic E-state index is 0.0236. The molecule has 4 rings (SSSR count). The van der Waals surface area contributed by atoms with E-state index in [1.165, 1.54) is 56.5 Å². The number of hydrogen-bond acceptors (Lipinski definition) is 10. The smallest absolute Gasteiger partial charge is 0.343 e. The van der Waals surface area contributed by atoms with Crippen LogP contribution in [0.1, 0.15) is 49.1 Å². The highest BCUT2D eigenvalue weighted by Crippen LogP contribution is 2.32. The average Bonchev–Trinajstić information content (AvgIpc) is 3.02. The maximum Gasteiger partial charge on any atom is 0.343 e. The minimum atomic E-state index is -0.967. The summed E-state index contributed by atoms with van der Waals surface area (Å²) >= 11 is 0. The van der Waals surface area contributed by atoms with Crippen molar-refractivity contribution in [3.8, 4) is 17.2 Å².